The standard InChI is InChI=1S/C28H32N4O/c1-27(2,3)21-14-12-18(13-15-21)24-25(33)32(5)26(30)31-28(24,4)22-10-6-8-19(16-22)20-9-7-11-23(29)17-20/h6-17,24H,29H2,1-5H3,(H2,30,31)/t24-,28+/m0/s1. The molecule has 1 heterocycles. The SMILES string of the molecule is CN1C(=N)N[C@](C)(c2cccc(-c3cccc(N)c3)c2)[C@@H](c2ccc(C(C)(C)C)cc2)C1=O. The van der Waals surface area contributed by atoms with Gasteiger partial charge < -0.3 is 11.1 Å². The van der Waals surface area contributed by atoms with Gasteiger partial charge in [0.15, 0.2) is 5.96 Å². The minimum atomic E-state index is -0.791. The monoisotopic (exact) mass is 440 g/mol. The molecule has 1 amide bonds. The molecular weight excluding hydrogens is 408 g/mol. The number of nitrogens with one attached hydrogen (secondary N) is 2. The molecule has 170 valence electrons. The maximum atomic E-state index is 13.5. The molecule has 0 radical (unpaired) electrons. The van der Waals surface area contributed by atoms with Crippen molar-refractivity contribution in [2.24, 2.45) is 0 Å². The summed E-state index contributed by atoms with van der Waals surface area (Å²) in [4.78, 5) is 14.9. The van der Waals surface area contributed by atoms with Crippen molar-refractivity contribution in [3.05, 3.63) is 89.5 Å². The van der Waals surface area contributed by atoms with Crippen LogP contribution in [0.2, 0.25) is 0 Å². The molecule has 0 spiro atoms. The Kier molecular flexibility index (Phi) is 5.52. The summed E-state index contributed by atoms with van der Waals surface area (Å²) in [6.07, 6.45) is 0. The van der Waals surface area contributed by atoms with Crippen LogP contribution in [-0.2, 0) is 15.7 Å². The van der Waals surface area contributed by atoms with Crippen LogP contribution in [0.3, 0.4) is 0 Å². The number of carbonyl (C=O) groups is 1. The van der Waals surface area contributed by atoms with Crippen molar-refractivity contribution in [1.29, 1.82) is 5.41 Å². The Morgan fingerprint density at radius 1 is 0.970 bits per heavy atom. The minimum absolute atomic E-state index is 0.0292. The molecule has 0 unspecified atom stereocenters. The minimum Gasteiger partial charge on any atom is -0.399 e. The zero-order valence-electron chi connectivity index (χ0n) is 19.9. The Bertz CT molecular complexity index is 1210. The molecule has 33 heavy (non-hydrogen) atoms. The first-order valence-electron chi connectivity index (χ1n) is 11.2. The number of nitrogens with zero attached hydrogens (tertiary/aromatic N) is 1. The van der Waals surface area contributed by atoms with E-state index < -0.39 is 11.5 Å². The molecule has 5 heteroatoms. The normalized spacial score (nSPS) is 21.1. The summed E-state index contributed by atoms with van der Waals surface area (Å²) < 4.78 is 0. The molecule has 0 saturated carbocycles. The smallest absolute Gasteiger partial charge is 0.239 e. The molecule has 0 aromatic heterocycles. The third-order valence-corrected chi connectivity index (χ3v) is 6.66. The fraction of sp³-hybridized carbons (Fsp3) is 0.286. The van der Waals surface area contributed by atoms with E-state index in [0.717, 1.165) is 22.3 Å². The number of hydrogen-bond donors (Lipinski definition) is 3. The average Bonchev–Trinajstić information content (AvgIpc) is 2.77. The number of nitrogens with two attached hydrogens (primary N) is 1. The molecule has 3 aromatic carbocycles. The van der Waals surface area contributed by atoms with Crippen molar-refractivity contribution >= 4 is 17.6 Å². The van der Waals surface area contributed by atoms with Gasteiger partial charge >= 0.3 is 0 Å². The fourth-order valence-electron chi connectivity index (χ4n) is 4.58. The van der Waals surface area contributed by atoms with Crippen LogP contribution in [0.15, 0.2) is 72.8 Å². The van der Waals surface area contributed by atoms with Crippen molar-refractivity contribution < 1.29 is 4.79 Å². The van der Waals surface area contributed by atoms with Gasteiger partial charge in [-0.3, -0.25) is 15.1 Å². The Morgan fingerprint density at radius 2 is 1.58 bits per heavy atom. The Hall–Kier alpha value is -3.60. The molecule has 4 N–H and O–H groups in total. The summed E-state index contributed by atoms with van der Waals surface area (Å²) >= 11 is 0. The van der Waals surface area contributed by atoms with E-state index in [-0.39, 0.29) is 17.3 Å². The van der Waals surface area contributed by atoms with Crippen LogP contribution in [0, 0.1) is 5.41 Å². The maximum Gasteiger partial charge on any atom is 0.239 e. The van der Waals surface area contributed by atoms with Gasteiger partial charge in [0, 0.05) is 12.7 Å². The van der Waals surface area contributed by atoms with E-state index in [9.17, 15) is 4.79 Å². The third-order valence-electron chi connectivity index (χ3n) is 6.66. The highest BCUT2D eigenvalue weighted by atomic mass is 16.2. The molecule has 2 atom stereocenters. The second kappa shape index (κ2) is 8.07. The highest BCUT2D eigenvalue weighted by Gasteiger charge is 2.48. The molecule has 4 rings (SSSR count). The van der Waals surface area contributed by atoms with Gasteiger partial charge in [0.2, 0.25) is 5.91 Å². The molecule has 3 aromatic rings. The predicted molar refractivity (Wildman–Crippen MR) is 135 cm³/mol. The quantitative estimate of drug-likeness (QED) is 0.488. The highest BCUT2D eigenvalue weighted by molar-refractivity contribution is 6.02. The third kappa shape index (κ3) is 4.11. The summed E-state index contributed by atoms with van der Waals surface area (Å²) in [5.74, 6) is -0.486. The lowest BCUT2D eigenvalue weighted by Crippen LogP contribution is -2.62. The molecule has 1 aliphatic heterocycles. The van der Waals surface area contributed by atoms with Crippen LogP contribution in [-0.4, -0.2) is 23.8 Å². The number of benzene rings is 3. The van der Waals surface area contributed by atoms with Crippen molar-refractivity contribution in [3.63, 3.8) is 0 Å². The lowest BCUT2D eigenvalue weighted by Gasteiger charge is -2.46. The van der Waals surface area contributed by atoms with Gasteiger partial charge in [-0.1, -0.05) is 75.4 Å². The molecule has 5 nitrogen and oxygen atoms in total. The largest absolute Gasteiger partial charge is 0.399 e. The van der Waals surface area contributed by atoms with Crippen LogP contribution < -0.4 is 11.1 Å². The number of nitrogen functional groups attached to an aromatic ring is 1. The second-order valence-corrected chi connectivity index (χ2v) is 10.1. The number of guanidine groups is 1. The van der Waals surface area contributed by atoms with E-state index in [0.29, 0.717) is 5.69 Å². The van der Waals surface area contributed by atoms with Crippen molar-refractivity contribution in [2.75, 3.05) is 12.8 Å². The predicted octanol–water partition coefficient (Wildman–Crippen LogP) is 5.23. The van der Waals surface area contributed by atoms with Gasteiger partial charge in [0.05, 0.1) is 11.5 Å². The van der Waals surface area contributed by atoms with Crippen molar-refractivity contribution in [2.45, 2.75) is 44.6 Å². The Labute approximate surface area is 196 Å². The number of rotatable bonds is 3. The summed E-state index contributed by atoms with van der Waals surface area (Å²) in [6.45, 7) is 8.54. The maximum absolute atomic E-state index is 13.5. The van der Waals surface area contributed by atoms with E-state index in [1.807, 2.05) is 61.5 Å². The number of carbonyl (C=O) groups excluding carboxylic acids is 1. The van der Waals surface area contributed by atoms with E-state index in [2.05, 4.69) is 44.3 Å². The van der Waals surface area contributed by atoms with Crippen molar-refractivity contribution in [1.82, 2.24) is 10.2 Å². The van der Waals surface area contributed by atoms with E-state index in [1.54, 1.807) is 7.05 Å². The van der Waals surface area contributed by atoms with E-state index in [1.165, 1.54) is 10.5 Å². The van der Waals surface area contributed by atoms with Gasteiger partial charge in [-0.2, -0.15) is 0 Å². The number of anilines is 1. The topological polar surface area (TPSA) is 82.2 Å². The lowest BCUT2D eigenvalue weighted by atomic mass is 9.72. The average molecular weight is 441 g/mol. The summed E-state index contributed by atoms with van der Waals surface area (Å²) in [5.41, 5.74) is 11.1. The summed E-state index contributed by atoms with van der Waals surface area (Å²) in [6, 6.07) is 24.2. The lowest BCUT2D eigenvalue weighted by molar-refractivity contribution is -0.131. The van der Waals surface area contributed by atoms with Crippen LogP contribution in [0.4, 0.5) is 5.69 Å². The van der Waals surface area contributed by atoms with Gasteiger partial charge in [-0.25, -0.2) is 0 Å². The van der Waals surface area contributed by atoms with E-state index >= 15 is 0 Å². The fourth-order valence-corrected chi connectivity index (χ4v) is 4.58. The van der Waals surface area contributed by atoms with Crippen LogP contribution in [0.25, 0.3) is 11.1 Å². The summed E-state index contributed by atoms with van der Waals surface area (Å²) in [7, 11) is 1.65. The molecule has 0 bridgehead atoms. The highest BCUT2D eigenvalue weighted by Crippen LogP contribution is 2.42. The molecule has 1 aliphatic rings. The van der Waals surface area contributed by atoms with Crippen molar-refractivity contribution in [3.8, 4) is 11.1 Å². The molecule has 1 saturated heterocycles. The number of hydrogen-bond acceptors (Lipinski definition) is 3. The van der Waals surface area contributed by atoms with Gasteiger partial charge in [-0.05, 0) is 58.4 Å². The van der Waals surface area contributed by atoms with Gasteiger partial charge in [0.25, 0.3) is 0 Å². The van der Waals surface area contributed by atoms with Crippen LogP contribution in [0.1, 0.15) is 50.3 Å². The first kappa shape index (κ1) is 22.6. The van der Waals surface area contributed by atoms with E-state index in [4.69, 9.17) is 11.1 Å². The van der Waals surface area contributed by atoms with Gasteiger partial charge in [-0.15, -0.1) is 0 Å². The van der Waals surface area contributed by atoms with Gasteiger partial charge in [0.1, 0.15) is 0 Å². The molecule has 1 fully saturated rings. The Balaban J connectivity index is 1.83. The Morgan fingerprint density at radius 3 is 2.18 bits per heavy atom. The first-order valence-corrected chi connectivity index (χ1v) is 11.2. The second-order valence-electron chi connectivity index (χ2n) is 10.1. The summed E-state index contributed by atoms with van der Waals surface area (Å²) in [5, 5.41) is 11.8. The van der Waals surface area contributed by atoms with Crippen LogP contribution in [0.5, 0.6) is 0 Å². The number of amides is 1. The molecule has 0 aliphatic carbocycles. The number of likely N-dealkylation sites (N-methyl/N-ethyl adjacent to an activating group) is 1. The zero-order chi connectivity index (χ0) is 24.0. The zero-order valence-corrected chi connectivity index (χ0v) is 19.9. The first-order chi connectivity index (χ1) is 15.5. The molecular formula is C28H32N4O. The van der Waals surface area contributed by atoms with Crippen LogP contribution >= 0.6 is 0 Å².